The van der Waals surface area contributed by atoms with E-state index in [9.17, 15) is 13.5 Å². The van der Waals surface area contributed by atoms with E-state index < -0.39 is 15.6 Å². The van der Waals surface area contributed by atoms with Crippen molar-refractivity contribution < 1.29 is 17.9 Å². The molecule has 0 unspecified atom stereocenters. The molecule has 0 fully saturated rings. The van der Waals surface area contributed by atoms with Gasteiger partial charge in [0.2, 0.25) is 10.0 Å². The molecule has 0 spiro atoms. The maximum atomic E-state index is 12.4. The number of hydrogen-bond donors (Lipinski definition) is 2. The smallest absolute Gasteiger partial charge is 0.244 e. The van der Waals surface area contributed by atoms with Crippen LogP contribution in [0.5, 0.6) is 0 Å². The highest BCUT2D eigenvalue weighted by atomic mass is 32.2. The molecule has 0 aliphatic rings. The Hall–Kier alpha value is -1.64. The van der Waals surface area contributed by atoms with Gasteiger partial charge in [0.15, 0.2) is 0 Å². The zero-order chi connectivity index (χ0) is 15.8. The highest BCUT2D eigenvalue weighted by Gasteiger charge is 2.30. The number of aromatic nitrogens is 2. The predicted molar refractivity (Wildman–Crippen MR) is 76.1 cm³/mol. The molecule has 0 saturated heterocycles. The molecule has 2 heterocycles. The summed E-state index contributed by atoms with van der Waals surface area (Å²) < 4.78 is 33.8. The first-order chi connectivity index (χ1) is 9.65. The van der Waals surface area contributed by atoms with Crippen molar-refractivity contribution in [3.8, 4) is 0 Å². The lowest BCUT2D eigenvalue weighted by atomic mass is 10.1. The van der Waals surface area contributed by atoms with Crippen LogP contribution in [-0.2, 0) is 22.7 Å². The van der Waals surface area contributed by atoms with Crippen LogP contribution in [0.3, 0.4) is 0 Å². The van der Waals surface area contributed by atoms with Gasteiger partial charge in [-0.25, -0.2) is 13.1 Å². The normalized spacial score (nSPS) is 15.1. The molecule has 0 aliphatic carbocycles. The van der Waals surface area contributed by atoms with Crippen molar-refractivity contribution in [3.63, 3.8) is 0 Å². The third-order valence-corrected chi connectivity index (χ3v) is 5.02. The highest BCUT2D eigenvalue weighted by Crippen LogP contribution is 2.22. The largest absolute Gasteiger partial charge is 0.466 e. The van der Waals surface area contributed by atoms with E-state index in [4.69, 9.17) is 4.42 Å². The lowest BCUT2D eigenvalue weighted by molar-refractivity contribution is 0.0395. The van der Waals surface area contributed by atoms with Crippen LogP contribution in [0, 0.1) is 13.8 Å². The Bertz CT molecular complexity index is 730. The molecule has 0 saturated carbocycles. The number of nitrogens with zero attached hydrogens (tertiary/aromatic N) is 2. The average Bonchev–Trinajstić information content (AvgIpc) is 2.98. The minimum atomic E-state index is -3.76. The summed E-state index contributed by atoms with van der Waals surface area (Å²) >= 11 is 0. The first kappa shape index (κ1) is 15.7. The standard InChI is InChI=1S/C13H19N3O4S/c1-9-12(10(2)16(4)15-9)21(18,19)14-8-13(3,17)11-6-5-7-20-11/h5-7,14,17H,8H2,1-4H3/t13-/m0/s1. The van der Waals surface area contributed by atoms with Gasteiger partial charge in [-0.1, -0.05) is 0 Å². The SMILES string of the molecule is Cc1nn(C)c(C)c1S(=O)(=O)NC[C@](C)(O)c1ccco1. The van der Waals surface area contributed by atoms with E-state index in [0.717, 1.165) is 0 Å². The number of nitrogens with one attached hydrogen (secondary N) is 1. The van der Waals surface area contributed by atoms with Gasteiger partial charge in [0, 0.05) is 13.6 Å². The number of hydrogen-bond acceptors (Lipinski definition) is 5. The molecule has 0 bridgehead atoms. The molecule has 0 aromatic carbocycles. The van der Waals surface area contributed by atoms with Crippen molar-refractivity contribution in [2.75, 3.05) is 6.54 Å². The third kappa shape index (κ3) is 3.02. The molecular formula is C13H19N3O4S. The second kappa shape index (κ2) is 5.28. The number of aliphatic hydroxyl groups is 1. The van der Waals surface area contributed by atoms with Gasteiger partial charge in [-0.3, -0.25) is 4.68 Å². The Kier molecular flexibility index (Phi) is 3.96. The fourth-order valence-electron chi connectivity index (χ4n) is 2.12. The van der Waals surface area contributed by atoms with Gasteiger partial charge in [0.25, 0.3) is 0 Å². The van der Waals surface area contributed by atoms with Crippen LogP contribution in [-0.4, -0.2) is 29.8 Å². The summed E-state index contributed by atoms with van der Waals surface area (Å²) in [5.41, 5.74) is -0.474. The first-order valence-electron chi connectivity index (χ1n) is 6.41. The monoisotopic (exact) mass is 313 g/mol. The minimum Gasteiger partial charge on any atom is -0.466 e. The Morgan fingerprint density at radius 2 is 2.14 bits per heavy atom. The van der Waals surface area contributed by atoms with E-state index in [2.05, 4.69) is 9.82 Å². The molecular weight excluding hydrogens is 294 g/mol. The van der Waals surface area contributed by atoms with Gasteiger partial charge in [0.05, 0.1) is 17.7 Å². The molecule has 2 aromatic rings. The van der Waals surface area contributed by atoms with Crippen molar-refractivity contribution in [2.45, 2.75) is 31.3 Å². The predicted octanol–water partition coefficient (Wildman–Crippen LogP) is 0.816. The summed E-state index contributed by atoms with van der Waals surface area (Å²) in [6.45, 7) is 4.60. The van der Waals surface area contributed by atoms with Crippen LogP contribution >= 0.6 is 0 Å². The molecule has 2 rings (SSSR count). The topological polar surface area (TPSA) is 97.4 Å². The van der Waals surface area contributed by atoms with Crippen LogP contribution in [0.25, 0.3) is 0 Å². The molecule has 7 nitrogen and oxygen atoms in total. The van der Waals surface area contributed by atoms with Crippen LogP contribution in [0.4, 0.5) is 0 Å². The van der Waals surface area contributed by atoms with Crippen molar-refractivity contribution >= 4 is 10.0 Å². The first-order valence-corrected chi connectivity index (χ1v) is 7.90. The van der Waals surface area contributed by atoms with Crippen LogP contribution in [0.2, 0.25) is 0 Å². The van der Waals surface area contributed by atoms with Crippen molar-refractivity contribution in [1.29, 1.82) is 0 Å². The summed E-state index contributed by atoms with van der Waals surface area (Å²) in [5, 5.41) is 14.4. The molecule has 0 aliphatic heterocycles. The molecule has 1 atom stereocenters. The van der Waals surface area contributed by atoms with E-state index >= 15 is 0 Å². The number of aryl methyl sites for hydroxylation is 2. The summed E-state index contributed by atoms with van der Waals surface area (Å²) in [6, 6.07) is 3.22. The number of sulfonamides is 1. The summed E-state index contributed by atoms with van der Waals surface area (Å²) in [7, 11) is -2.08. The van der Waals surface area contributed by atoms with Crippen LogP contribution in [0.1, 0.15) is 24.1 Å². The quantitative estimate of drug-likeness (QED) is 0.851. The zero-order valence-electron chi connectivity index (χ0n) is 12.4. The minimum absolute atomic E-state index is 0.139. The lowest BCUT2D eigenvalue weighted by Crippen LogP contribution is -2.38. The van der Waals surface area contributed by atoms with Crippen LogP contribution < -0.4 is 4.72 Å². The van der Waals surface area contributed by atoms with Crippen molar-refractivity contribution in [3.05, 3.63) is 35.5 Å². The molecule has 2 aromatic heterocycles. The molecule has 8 heteroatoms. The highest BCUT2D eigenvalue weighted by molar-refractivity contribution is 7.89. The number of furan rings is 1. The van der Waals surface area contributed by atoms with Gasteiger partial charge >= 0.3 is 0 Å². The van der Waals surface area contributed by atoms with Gasteiger partial charge in [-0.05, 0) is 32.9 Å². The summed E-state index contributed by atoms with van der Waals surface area (Å²) in [5.74, 6) is 0.296. The molecule has 0 radical (unpaired) electrons. The lowest BCUT2D eigenvalue weighted by Gasteiger charge is -2.21. The van der Waals surface area contributed by atoms with E-state index in [-0.39, 0.29) is 11.4 Å². The molecule has 0 amide bonds. The second-order valence-electron chi connectivity index (χ2n) is 5.20. The molecule has 21 heavy (non-hydrogen) atoms. The van der Waals surface area contributed by atoms with Crippen molar-refractivity contribution in [1.82, 2.24) is 14.5 Å². The summed E-state index contributed by atoms with van der Waals surface area (Å²) in [4.78, 5) is 0.139. The Balaban J connectivity index is 2.23. The third-order valence-electron chi connectivity index (χ3n) is 3.37. The fourth-order valence-corrected chi connectivity index (χ4v) is 3.69. The maximum Gasteiger partial charge on any atom is 0.244 e. The molecule has 116 valence electrons. The van der Waals surface area contributed by atoms with Gasteiger partial charge < -0.3 is 9.52 Å². The fraction of sp³-hybridized carbons (Fsp3) is 0.462. The maximum absolute atomic E-state index is 12.4. The van der Waals surface area contributed by atoms with Gasteiger partial charge in [-0.15, -0.1) is 0 Å². The van der Waals surface area contributed by atoms with E-state index in [1.54, 1.807) is 33.0 Å². The van der Waals surface area contributed by atoms with Gasteiger partial charge in [0.1, 0.15) is 16.3 Å². The second-order valence-corrected chi connectivity index (χ2v) is 6.90. The van der Waals surface area contributed by atoms with Gasteiger partial charge in [-0.2, -0.15) is 5.10 Å². The average molecular weight is 313 g/mol. The van der Waals surface area contributed by atoms with E-state index in [1.165, 1.54) is 17.9 Å². The molecule has 2 N–H and O–H groups in total. The Morgan fingerprint density at radius 1 is 1.48 bits per heavy atom. The zero-order valence-corrected chi connectivity index (χ0v) is 13.2. The van der Waals surface area contributed by atoms with E-state index in [0.29, 0.717) is 17.1 Å². The Labute approximate surface area is 123 Å². The van der Waals surface area contributed by atoms with Crippen molar-refractivity contribution in [2.24, 2.45) is 7.05 Å². The Morgan fingerprint density at radius 3 is 2.62 bits per heavy atom. The van der Waals surface area contributed by atoms with E-state index in [1.807, 2.05) is 0 Å². The summed E-state index contributed by atoms with van der Waals surface area (Å²) in [6.07, 6.45) is 1.42. The van der Waals surface area contributed by atoms with Crippen LogP contribution in [0.15, 0.2) is 27.7 Å². The number of rotatable bonds is 5.